The van der Waals surface area contributed by atoms with Crippen molar-refractivity contribution in [3.8, 4) is 11.1 Å². The third kappa shape index (κ3) is 6.26. The molecule has 4 rings (SSSR count). The summed E-state index contributed by atoms with van der Waals surface area (Å²) >= 11 is 6.53. The average Bonchev–Trinajstić information content (AvgIpc) is 3.26. The lowest BCUT2D eigenvalue weighted by Gasteiger charge is -2.16. The summed E-state index contributed by atoms with van der Waals surface area (Å²) < 4.78 is 123. The van der Waals surface area contributed by atoms with Gasteiger partial charge < -0.3 is 0 Å². The van der Waals surface area contributed by atoms with Crippen molar-refractivity contribution < 1.29 is 38.8 Å². The van der Waals surface area contributed by atoms with Crippen molar-refractivity contribution in [1.29, 1.82) is 0 Å². The molecule has 4 aromatic rings. The number of hydrogen-bond acceptors (Lipinski definition) is 5. The molecule has 1 heterocycles. The molecule has 2 N–H and O–H groups in total. The van der Waals surface area contributed by atoms with Crippen molar-refractivity contribution in [2.75, 3.05) is 9.44 Å². The first kappa shape index (κ1) is 27.8. The second kappa shape index (κ2) is 10.2. The van der Waals surface area contributed by atoms with Gasteiger partial charge in [0, 0.05) is 6.07 Å². The molecule has 0 saturated heterocycles. The Morgan fingerprint density at radius 3 is 1.97 bits per heavy atom. The van der Waals surface area contributed by atoms with Gasteiger partial charge in [-0.1, -0.05) is 23.7 Å². The number of rotatable bonds is 7. The largest absolute Gasteiger partial charge is 0.416 e. The number of thiophene rings is 1. The van der Waals surface area contributed by atoms with E-state index in [2.05, 4.69) is 9.44 Å². The molecule has 0 radical (unpaired) electrons. The highest BCUT2D eigenvalue weighted by Gasteiger charge is 2.32. The van der Waals surface area contributed by atoms with E-state index < -0.39 is 54.0 Å². The molecule has 0 aliphatic carbocycles. The van der Waals surface area contributed by atoms with Crippen LogP contribution in [0.5, 0.6) is 0 Å². The van der Waals surface area contributed by atoms with Gasteiger partial charge in [0.1, 0.15) is 15.8 Å². The molecule has 0 unspecified atom stereocenters. The van der Waals surface area contributed by atoms with Crippen molar-refractivity contribution >= 4 is 54.4 Å². The Labute approximate surface area is 222 Å². The highest BCUT2D eigenvalue weighted by Crippen LogP contribution is 2.35. The molecule has 0 saturated carbocycles. The van der Waals surface area contributed by atoms with Crippen molar-refractivity contribution in [3.63, 3.8) is 0 Å². The second-order valence-electron chi connectivity index (χ2n) is 7.71. The Bertz CT molecular complexity index is 1720. The molecule has 200 valence electrons. The molecule has 0 amide bonds. The van der Waals surface area contributed by atoms with Crippen LogP contribution in [-0.4, -0.2) is 16.8 Å². The Morgan fingerprint density at radius 1 is 0.711 bits per heavy atom. The van der Waals surface area contributed by atoms with Gasteiger partial charge in [0.15, 0.2) is 0 Å². The van der Waals surface area contributed by atoms with E-state index in [0.29, 0.717) is 18.2 Å². The first-order valence-corrected chi connectivity index (χ1v) is 14.4. The lowest BCUT2D eigenvalue weighted by molar-refractivity contribution is -0.137. The minimum atomic E-state index is -4.82. The molecule has 15 heteroatoms. The molecule has 0 aliphatic rings. The smallest absolute Gasteiger partial charge is 0.277 e. The lowest BCUT2D eigenvalue weighted by Crippen LogP contribution is -2.18. The summed E-state index contributed by atoms with van der Waals surface area (Å²) in [7, 11) is -8.97. The molecule has 6 nitrogen and oxygen atoms in total. The standard InChI is InChI=1S/C23H14ClF5N2O4S3/c24-21-6-7-22(36-21)38(34,35)30-19-5-4-13(14-8-16(25)12-17(26)9-14)10-20(19)31-37(32,33)18-3-1-2-15(11-18)23(27,28)29/h1-12,30-31H. The maximum atomic E-state index is 13.8. The maximum absolute atomic E-state index is 13.8. The van der Waals surface area contributed by atoms with Crippen LogP contribution in [0.25, 0.3) is 11.1 Å². The van der Waals surface area contributed by atoms with E-state index in [1.807, 2.05) is 0 Å². The number of alkyl halides is 3. The summed E-state index contributed by atoms with van der Waals surface area (Å²) in [6.07, 6.45) is -4.82. The van der Waals surface area contributed by atoms with E-state index in [1.165, 1.54) is 18.2 Å². The zero-order valence-electron chi connectivity index (χ0n) is 18.6. The summed E-state index contributed by atoms with van der Waals surface area (Å²) in [6.45, 7) is 0. The zero-order chi connectivity index (χ0) is 27.9. The van der Waals surface area contributed by atoms with Crippen LogP contribution in [0, 0.1) is 11.6 Å². The second-order valence-corrected chi connectivity index (χ2v) is 13.0. The molecule has 0 spiro atoms. The molecule has 0 aliphatic heterocycles. The van der Waals surface area contributed by atoms with Gasteiger partial charge in [-0.3, -0.25) is 9.44 Å². The van der Waals surface area contributed by atoms with Gasteiger partial charge in [0.25, 0.3) is 20.0 Å². The van der Waals surface area contributed by atoms with Crippen LogP contribution in [-0.2, 0) is 26.2 Å². The van der Waals surface area contributed by atoms with Gasteiger partial charge in [0.2, 0.25) is 0 Å². The van der Waals surface area contributed by atoms with E-state index in [0.717, 1.165) is 47.7 Å². The highest BCUT2D eigenvalue weighted by atomic mass is 35.5. The summed E-state index contributed by atoms with van der Waals surface area (Å²) in [5, 5.41) is 0. The highest BCUT2D eigenvalue weighted by molar-refractivity contribution is 7.94. The predicted octanol–water partition coefficient (Wildman–Crippen LogP) is 6.97. The lowest BCUT2D eigenvalue weighted by atomic mass is 10.0. The quantitative estimate of drug-likeness (QED) is 0.222. The minimum Gasteiger partial charge on any atom is -0.277 e. The van der Waals surface area contributed by atoms with Crippen LogP contribution < -0.4 is 9.44 Å². The van der Waals surface area contributed by atoms with E-state index in [1.54, 1.807) is 0 Å². The van der Waals surface area contributed by atoms with Gasteiger partial charge in [-0.05, 0) is 65.7 Å². The van der Waals surface area contributed by atoms with Crippen molar-refractivity contribution in [2.24, 2.45) is 0 Å². The average molecular weight is 609 g/mol. The maximum Gasteiger partial charge on any atom is 0.416 e. The third-order valence-corrected chi connectivity index (χ3v) is 9.44. The van der Waals surface area contributed by atoms with Crippen molar-refractivity contribution in [3.05, 3.63) is 94.3 Å². The first-order chi connectivity index (χ1) is 17.6. The fraction of sp³-hybridized carbons (Fsp3) is 0.0435. The SMILES string of the molecule is O=S(=O)(Nc1cc(-c2cc(F)cc(F)c2)ccc1NS(=O)(=O)c1ccc(Cl)s1)c1cccc(C(F)(F)F)c1. The van der Waals surface area contributed by atoms with Crippen LogP contribution in [0.2, 0.25) is 4.34 Å². The Balaban J connectivity index is 1.81. The summed E-state index contributed by atoms with van der Waals surface area (Å²) in [5.41, 5.74) is -1.89. The summed E-state index contributed by atoms with van der Waals surface area (Å²) in [6, 6.07) is 11.5. The van der Waals surface area contributed by atoms with Crippen molar-refractivity contribution in [1.82, 2.24) is 0 Å². The monoisotopic (exact) mass is 608 g/mol. The Morgan fingerprint density at radius 2 is 1.37 bits per heavy atom. The van der Waals surface area contributed by atoms with Crippen LogP contribution in [0.15, 0.2) is 81.9 Å². The first-order valence-electron chi connectivity index (χ1n) is 10.2. The predicted molar refractivity (Wildman–Crippen MR) is 134 cm³/mol. The summed E-state index contributed by atoms with van der Waals surface area (Å²) in [5.74, 6) is -1.85. The fourth-order valence-electron chi connectivity index (χ4n) is 3.30. The zero-order valence-corrected chi connectivity index (χ0v) is 21.8. The molecular weight excluding hydrogens is 595 g/mol. The van der Waals surface area contributed by atoms with Crippen molar-refractivity contribution in [2.45, 2.75) is 15.3 Å². The summed E-state index contributed by atoms with van der Waals surface area (Å²) in [4.78, 5) is -0.756. The van der Waals surface area contributed by atoms with E-state index in [4.69, 9.17) is 11.6 Å². The molecule has 38 heavy (non-hydrogen) atoms. The number of halogens is 6. The minimum absolute atomic E-state index is 0.0125. The third-order valence-electron chi connectivity index (χ3n) is 4.99. The van der Waals surface area contributed by atoms with Crippen LogP contribution in [0.4, 0.5) is 33.3 Å². The number of sulfonamides is 2. The van der Waals surface area contributed by atoms with Gasteiger partial charge in [-0.15, -0.1) is 11.3 Å². The molecule has 3 aromatic carbocycles. The molecule has 1 aromatic heterocycles. The molecule has 0 bridgehead atoms. The normalized spacial score (nSPS) is 12.4. The number of benzene rings is 3. The number of nitrogens with one attached hydrogen (secondary N) is 2. The van der Waals surface area contributed by atoms with E-state index >= 15 is 0 Å². The molecule has 0 fully saturated rings. The fourth-order valence-corrected chi connectivity index (χ4v) is 6.98. The topological polar surface area (TPSA) is 92.3 Å². The molecule has 0 atom stereocenters. The Kier molecular flexibility index (Phi) is 7.45. The Hall–Kier alpha value is -3.20. The number of hydrogen-bond donors (Lipinski definition) is 2. The van der Waals surface area contributed by atoms with Gasteiger partial charge in [-0.25, -0.2) is 25.6 Å². The van der Waals surface area contributed by atoms with E-state index in [9.17, 15) is 38.8 Å². The van der Waals surface area contributed by atoms with Gasteiger partial charge in [0.05, 0.1) is 26.2 Å². The van der Waals surface area contributed by atoms with Crippen LogP contribution >= 0.6 is 22.9 Å². The molecular formula is C23H14ClF5N2O4S3. The van der Waals surface area contributed by atoms with E-state index in [-0.39, 0.29) is 25.4 Å². The van der Waals surface area contributed by atoms with Gasteiger partial charge >= 0.3 is 6.18 Å². The van der Waals surface area contributed by atoms with Crippen LogP contribution in [0.1, 0.15) is 5.56 Å². The van der Waals surface area contributed by atoms with Crippen LogP contribution in [0.3, 0.4) is 0 Å². The number of anilines is 2. The van der Waals surface area contributed by atoms with Gasteiger partial charge in [-0.2, -0.15) is 13.2 Å².